The van der Waals surface area contributed by atoms with E-state index in [1.54, 1.807) is 0 Å². The highest BCUT2D eigenvalue weighted by Gasteiger charge is 2.32. The lowest BCUT2D eigenvalue weighted by atomic mass is 10.1. The zero-order valence-corrected chi connectivity index (χ0v) is 11.3. The molecule has 1 fully saturated rings. The van der Waals surface area contributed by atoms with Crippen LogP contribution < -0.4 is 22.6 Å². The first-order valence-corrected chi connectivity index (χ1v) is 6.62. The summed E-state index contributed by atoms with van der Waals surface area (Å²) in [7, 11) is 0. The molecule has 7 N–H and O–H groups in total. The number of hydrazine groups is 1. The van der Waals surface area contributed by atoms with Crippen molar-refractivity contribution in [2.75, 3.05) is 32.7 Å². The lowest BCUT2D eigenvalue weighted by Crippen LogP contribution is -2.55. The maximum Gasteiger partial charge on any atom is 0.107 e. The summed E-state index contributed by atoms with van der Waals surface area (Å²) in [5.41, 5.74) is 10.5. The van der Waals surface area contributed by atoms with Crippen LogP contribution in [0.1, 0.15) is 6.42 Å². The van der Waals surface area contributed by atoms with Crippen LogP contribution in [-0.4, -0.2) is 48.3 Å². The second-order valence-corrected chi connectivity index (χ2v) is 5.13. The highest BCUT2D eigenvalue weighted by molar-refractivity contribution is 5.33. The van der Waals surface area contributed by atoms with Crippen LogP contribution in [-0.2, 0) is 0 Å². The third-order valence-electron chi connectivity index (χ3n) is 3.68. The first-order valence-electron chi connectivity index (χ1n) is 6.62. The minimum atomic E-state index is -0.417. The number of allylic oxidation sites excluding steroid dienone is 3. The Labute approximate surface area is 114 Å². The standard InChI is InChI=1S/C13H21N5.H3N/c14-13(4-8-17-9-5-15-6-10-17)11-12-3-1-2-7-18(12)16-13;/h1-3,7,11,15-16H,4-6,8-10,14H2;1H3. The minimum absolute atomic E-state index is 0. The molecule has 0 aromatic heterocycles. The third kappa shape index (κ3) is 3.23. The number of piperazine rings is 1. The van der Waals surface area contributed by atoms with Gasteiger partial charge in [0.2, 0.25) is 0 Å². The van der Waals surface area contributed by atoms with Gasteiger partial charge in [-0.25, -0.2) is 5.43 Å². The van der Waals surface area contributed by atoms with Gasteiger partial charge in [-0.3, -0.25) is 5.01 Å². The predicted molar refractivity (Wildman–Crippen MR) is 77.2 cm³/mol. The number of nitrogens with one attached hydrogen (secondary N) is 2. The monoisotopic (exact) mass is 264 g/mol. The first-order chi connectivity index (χ1) is 8.75. The van der Waals surface area contributed by atoms with Crippen LogP contribution in [0.5, 0.6) is 0 Å². The molecule has 1 unspecified atom stereocenters. The van der Waals surface area contributed by atoms with Crippen molar-refractivity contribution in [3.63, 3.8) is 0 Å². The lowest BCUT2D eigenvalue weighted by Gasteiger charge is -2.32. The quantitative estimate of drug-likeness (QED) is 0.568. The zero-order chi connectivity index (χ0) is 12.4. The van der Waals surface area contributed by atoms with Crippen LogP contribution in [0.2, 0.25) is 0 Å². The molecule has 0 spiro atoms. The molecule has 1 saturated heterocycles. The SMILES string of the molecule is N.NC1(CCN2CCNCC2)C=C2C=CC=CN2N1. The molecule has 0 amide bonds. The Morgan fingerprint density at radius 2 is 2.05 bits per heavy atom. The molecule has 0 aromatic rings. The Morgan fingerprint density at radius 1 is 1.26 bits per heavy atom. The molecule has 1 atom stereocenters. The highest BCUT2D eigenvalue weighted by atomic mass is 15.6. The molecule has 6 nitrogen and oxygen atoms in total. The van der Waals surface area contributed by atoms with Crippen molar-refractivity contribution in [3.8, 4) is 0 Å². The average molecular weight is 264 g/mol. The van der Waals surface area contributed by atoms with Gasteiger partial charge in [0.25, 0.3) is 0 Å². The molecule has 0 bridgehead atoms. The van der Waals surface area contributed by atoms with E-state index in [0.717, 1.165) is 44.8 Å². The van der Waals surface area contributed by atoms with Crippen molar-refractivity contribution in [1.29, 1.82) is 0 Å². The van der Waals surface area contributed by atoms with Gasteiger partial charge in [-0.1, -0.05) is 6.08 Å². The fourth-order valence-corrected chi connectivity index (χ4v) is 2.60. The van der Waals surface area contributed by atoms with E-state index >= 15 is 0 Å². The van der Waals surface area contributed by atoms with Gasteiger partial charge in [-0.05, 0) is 24.6 Å². The Morgan fingerprint density at radius 3 is 2.79 bits per heavy atom. The van der Waals surface area contributed by atoms with Gasteiger partial charge in [-0.2, -0.15) is 0 Å². The molecule has 0 aromatic carbocycles. The molecule has 3 rings (SSSR count). The summed E-state index contributed by atoms with van der Waals surface area (Å²) in [5, 5.41) is 5.36. The van der Waals surface area contributed by atoms with Crippen LogP contribution in [0.3, 0.4) is 0 Å². The second-order valence-electron chi connectivity index (χ2n) is 5.13. The van der Waals surface area contributed by atoms with Crippen molar-refractivity contribution in [2.24, 2.45) is 5.73 Å². The Hall–Kier alpha value is -1.18. The van der Waals surface area contributed by atoms with E-state index in [2.05, 4.69) is 27.8 Å². The smallest absolute Gasteiger partial charge is 0.107 e. The first kappa shape index (κ1) is 14.2. The Kier molecular flexibility index (Phi) is 4.38. The lowest BCUT2D eigenvalue weighted by molar-refractivity contribution is 0.194. The van der Waals surface area contributed by atoms with Gasteiger partial charge in [-0.15, -0.1) is 0 Å². The maximum absolute atomic E-state index is 6.40. The van der Waals surface area contributed by atoms with Gasteiger partial charge < -0.3 is 22.1 Å². The van der Waals surface area contributed by atoms with Crippen molar-refractivity contribution < 1.29 is 0 Å². The number of fused-ring (bicyclic) bond motifs is 1. The summed E-state index contributed by atoms with van der Waals surface area (Å²) in [5.74, 6) is 0. The highest BCUT2D eigenvalue weighted by Crippen LogP contribution is 2.23. The molecule has 19 heavy (non-hydrogen) atoms. The fourth-order valence-electron chi connectivity index (χ4n) is 2.60. The van der Waals surface area contributed by atoms with Crippen LogP contribution in [0.15, 0.2) is 36.2 Å². The summed E-state index contributed by atoms with van der Waals surface area (Å²) in [4.78, 5) is 2.47. The maximum atomic E-state index is 6.40. The van der Waals surface area contributed by atoms with Crippen molar-refractivity contribution >= 4 is 0 Å². The van der Waals surface area contributed by atoms with E-state index < -0.39 is 5.66 Å². The van der Waals surface area contributed by atoms with Crippen LogP contribution in [0.25, 0.3) is 0 Å². The topological polar surface area (TPSA) is 91.6 Å². The molecule has 106 valence electrons. The van der Waals surface area contributed by atoms with Gasteiger partial charge in [0.15, 0.2) is 0 Å². The number of hydrogen-bond acceptors (Lipinski definition) is 6. The van der Waals surface area contributed by atoms with Crippen molar-refractivity contribution in [2.45, 2.75) is 12.1 Å². The largest absolute Gasteiger partial charge is 0.344 e. The molecule has 6 heteroatoms. The predicted octanol–water partition coefficient (Wildman–Crippen LogP) is -0.114. The Balaban J connectivity index is 0.00000133. The van der Waals surface area contributed by atoms with E-state index in [1.165, 1.54) is 0 Å². The molecule has 3 aliphatic heterocycles. The summed E-state index contributed by atoms with van der Waals surface area (Å²) in [6.45, 7) is 5.45. The van der Waals surface area contributed by atoms with Gasteiger partial charge in [0.1, 0.15) is 5.66 Å². The normalized spacial score (nSPS) is 29.9. The molecular weight excluding hydrogens is 240 g/mol. The number of rotatable bonds is 3. The molecule has 0 aliphatic carbocycles. The summed E-state index contributed by atoms with van der Waals surface area (Å²) < 4.78 is 0. The van der Waals surface area contributed by atoms with Crippen LogP contribution >= 0.6 is 0 Å². The van der Waals surface area contributed by atoms with Crippen LogP contribution in [0.4, 0.5) is 0 Å². The Bertz CT molecular complexity index is 396. The van der Waals surface area contributed by atoms with Gasteiger partial charge >= 0.3 is 0 Å². The molecule has 0 saturated carbocycles. The van der Waals surface area contributed by atoms with Crippen LogP contribution in [0, 0.1) is 0 Å². The summed E-state index contributed by atoms with van der Waals surface area (Å²) in [6.07, 6.45) is 11.2. The summed E-state index contributed by atoms with van der Waals surface area (Å²) in [6, 6.07) is 0. The van der Waals surface area contributed by atoms with Gasteiger partial charge in [0.05, 0.1) is 5.70 Å². The third-order valence-corrected chi connectivity index (χ3v) is 3.68. The average Bonchev–Trinajstić information content (AvgIpc) is 2.74. The minimum Gasteiger partial charge on any atom is -0.344 e. The van der Waals surface area contributed by atoms with E-state index in [9.17, 15) is 0 Å². The van der Waals surface area contributed by atoms with E-state index in [0.29, 0.717) is 0 Å². The van der Waals surface area contributed by atoms with E-state index in [-0.39, 0.29) is 6.15 Å². The van der Waals surface area contributed by atoms with Crippen molar-refractivity contribution in [3.05, 3.63) is 36.2 Å². The molecule has 3 aliphatic rings. The van der Waals surface area contributed by atoms with Crippen molar-refractivity contribution in [1.82, 2.24) is 26.8 Å². The van der Waals surface area contributed by atoms with E-state index in [4.69, 9.17) is 5.73 Å². The molecule has 0 radical (unpaired) electrons. The number of hydrogen-bond donors (Lipinski definition) is 4. The van der Waals surface area contributed by atoms with Gasteiger partial charge in [0, 0.05) is 38.9 Å². The second kappa shape index (κ2) is 5.85. The summed E-state index contributed by atoms with van der Waals surface area (Å²) >= 11 is 0. The molecule has 3 heterocycles. The fraction of sp³-hybridized carbons (Fsp3) is 0.538. The molecular formula is C13H24N6. The number of nitrogens with two attached hydrogens (primary N) is 1. The van der Waals surface area contributed by atoms with E-state index in [1.807, 2.05) is 23.4 Å². The number of nitrogens with zero attached hydrogens (tertiary/aromatic N) is 2. The zero-order valence-electron chi connectivity index (χ0n) is 11.3.